The van der Waals surface area contributed by atoms with Crippen LogP contribution in [0.4, 0.5) is 14.5 Å². The molecule has 5 heteroatoms. The van der Waals surface area contributed by atoms with E-state index in [0.717, 1.165) is 43.6 Å². The fourth-order valence-electron chi connectivity index (χ4n) is 3.62. The number of hydrogen-bond donors (Lipinski definition) is 1. The van der Waals surface area contributed by atoms with Crippen molar-refractivity contribution in [3.63, 3.8) is 0 Å². The van der Waals surface area contributed by atoms with Crippen molar-refractivity contribution >= 4 is 11.6 Å². The summed E-state index contributed by atoms with van der Waals surface area (Å²) >= 11 is 0. The van der Waals surface area contributed by atoms with Gasteiger partial charge in [0, 0.05) is 18.2 Å². The fourth-order valence-corrected chi connectivity index (χ4v) is 3.62. The zero-order valence-electron chi connectivity index (χ0n) is 14.8. The Morgan fingerprint density at radius 3 is 2.35 bits per heavy atom. The van der Waals surface area contributed by atoms with Crippen LogP contribution in [-0.4, -0.2) is 13.0 Å². The molecule has 1 saturated carbocycles. The summed E-state index contributed by atoms with van der Waals surface area (Å²) in [5.41, 5.74) is 1.61. The zero-order chi connectivity index (χ0) is 18.5. The van der Waals surface area contributed by atoms with Gasteiger partial charge < -0.3 is 10.1 Å². The number of carbonyl (C=O) groups is 1. The van der Waals surface area contributed by atoms with Gasteiger partial charge in [0.1, 0.15) is 5.75 Å². The van der Waals surface area contributed by atoms with E-state index < -0.39 is 11.6 Å². The quantitative estimate of drug-likeness (QED) is 0.789. The Kier molecular flexibility index (Phi) is 5.86. The number of halogens is 2. The van der Waals surface area contributed by atoms with Gasteiger partial charge in [-0.05, 0) is 67.3 Å². The van der Waals surface area contributed by atoms with E-state index in [1.807, 2.05) is 12.1 Å². The SMILES string of the molecule is COc1ccc([C@H]2CC[C@@H](CC(=O)Nc3ccc(F)c(F)c3)CC2)cc1. The second-order valence-electron chi connectivity index (χ2n) is 6.87. The van der Waals surface area contributed by atoms with Gasteiger partial charge in [-0.3, -0.25) is 4.79 Å². The first-order chi connectivity index (χ1) is 12.5. The molecule has 0 aliphatic heterocycles. The van der Waals surface area contributed by atoms with Crippen LogP contribution in [0.1, 0.15) is 43.6 Å². The molecule has 0 saturated heterocycles. The van der Waals surface area contributed by atoms with E-state index in [9.17, 15) is 13.6 Å². The molecule has 0 atom stereocenters. The first kappa shape index (κ1) is 18.4. The van der Waals surface area contributed by atoms with Gasteiger partial charge in [-0.2, -0.15) is 0 Å². The molecule has 1 N–H and O–H groups in total. The monoisotopic (exact) mass is 359 g/mol. The molecule has 1 aliphatic carbocycles. The molecule has 2 aromatic rings. The van der Waals surface area contributed by atoms with Crippen molar-refractivity contribution in [1.29, 1.82) is 0 Å². The lowest BCUT2D eigenvalue weighted by atomic mass is 9.77. The van der Waals surface area contributed by atoms with Gasteiger partial charge in [-0.15, -0.1) is 0 Å². The average molecular weight is 359 g/mol. The molecule has 1 amide bonds. The highest BCUT2D eigenvalue weighted by Gasteiger charge is 2.24. The zero-order valence-corrected chi connectivity index (χ0v) is 14.8. The summed E-state index contributed by atoms with van der Waals surface area (Å²) in [4.78, 5) is 12.2. The molecule has 138 valence electrons. The van der Waals surface area contributed by atoms with E-state index in [1.54, 1.807) is 7.11 Å². The number of amides is 1. The molecule has 3 nitrogen and oxygen atoms in total. The molecule has 0 aromatic heterocycles. The van der Waals surface area contributed by atoms with Gasteiger partial charge >= 0.3 is 0 Å². The van der Waals surface area contributed by atoms with Crippen LogP contribution in [0, 0.1) is 17.6 Å². The van der Waals surface area contributed by atoms with Crippen LogP contribution in [0.15, 0.2) is 42.5 Å². The van der Waals surface area contributed by atoms with Gasteiger partial charge in [0.25, 0.3) is 0 Å². The third-order valence-electron chi connectivity index (χ3n) is 5.11. The minimum atomic E-state index is -0.956. The summed E-state index contributed by atoms with van der Waals surface area (Å²) in [5.74, 6) is -0.316. The van der Waals surface area contributed by atoms with E-state index in [0.29, 0.717) is 23.9 Å². The lowest BCUT2D eigenvalue weighted by Crippen LogP contribution is -2.20. The van der Waals surface area contributed by atoms with Crippen molar-refractivity contribution in [2.24, 2.45) is 5.92 Å². The number of hydrogen-bond acceptors (Lipinski definition) is 2. The molecule has 0 radical (unpaired) electrons. The Morgan fingerprint density at radius 2 is 1.73 bits per heavy atom. The van der Waals surface area contributed by atoms with Crippen LogP contribution in [0.3, 0.4) is 0 Å². The van der Waals surface area contributed by atoms with Crippen molar-refractivity contribution in [2.75, 3.05) is 12.4 Å². The van der Waals surface area contributed by atoms with Crippen LogP contribution in [0.5, 0.6) is 5.75 Å². The summed E-state index contributed by atoms with van der Waals surface area (Å²) in [6.07, 6.45) is 4.49. The number of anilines is 1. The Morgan fingerprint density at radius 1 is 1.04 bits per heavy atom. The Balaban J connectivity index is 1.48. The standard InChI is InChI=1S/C21H23F2NO2/c1-26-18-9-6-16(7-10-18)15-4-2-14(3-5-15)12-21(25)24-17-8-11-19(22)20(23)13-17/h6-11,13-15H,2-5,12H2,1H3,(H,24,25)/t14-,15+. The minimum Gasteiger partial charge on any atom is -0.497 e. The van der Waals surface area contributed by atoms with Crippen molar-refractivity contribution in [2.45, 2.75) is 38.0 Å². The maximum Gasteiger partial charge on any atom is 0.224 e. The van der Waals surface area contributed by atoms with Gasteiger partial charge in [0.05, 0.1) is 7.11 Å². The van der Waals surface area contributed by atoms with E-state index in [4.69, 9.17) is 4.74 Å². The van der Waals surface area contributed by atoms with Crippen LogP contribution in [0.2, 0.25) is 0 Å². The maximum absolute atomic E-state index is 13.2. The third kappa shape index (κ3) is 4.59. The lowest BCUT2D eigenvalue weighted by Gasteiger charge is -2.28. The predicted molar refractivity (Wildman–Crippen MR) is 97.3 cm³/mol. The molecule has 0 bridgehead atoms. The Labute approximate surface area is 152 Å². The average Bonchev–Trinajstić information content (AvgIpc) is 2.65. The number of carbonyl (C=O) groups excluding carboxylic acids is 1. The summed E-state index contributed by atoms with van der Waals surface area (Å²) in [6, 6.07) is 11.6. The summed E-state index contributed by atoms with van der Waals surface area (Å²) in [6.45, 7) is 0. The minimum absolute atomic E-state index is 0.149. The number of methoxy groups -OCH3 is 1. The predicted octanol–water partition coefficient (Wildman–Crippen LogP) is 5.28. The highest BCUT2D eigenvalue weighted by atomic mass is 19.2. The number of ether oxygens (including phenoxy) is 1. The number of benzene rings is 2. The summed E-state index contributed by atoms with van der Waals surface area (Å²) < 4.78 is 31.3. The maximum atomic E-state index is 13.2. The van der Waals surface area contributed by atoms with Gasteiger partial charge in [0.15, 0.2) is 11.6 Å². The summed E-state index contributed by atoms with van der Waals surface area (Å²) in [5, 5.41) is 2.65. The van der Waals surface area contributed by atoms with Crippen molar-refractivity contribution < 1.29 is 18.3 Å². The van der Waals surface area contributed by atoms with Gasteiger partial charge in [-0.25, -0.2) is 8.78 Å². The van der Waals surface area contributed by atoms with E-state index in [1.165, 1.54) is 11.6 Å². The van der Waals surface area contributed by atoms with Gasteiger partial charge in [0.2, 0.25) is 5.91 Å². The smallest absolute Gasteiger partial charge is 0.224 e. The number of nitrogens with one attached hydrogen (secondary N) is 1. The Hall–Kier alpha value is -2.43. The topological polar surface area (TPSA) is 38.3 Å². The fraction of sp³-hybridized carbons (Fsp3) is 0.381. The molecule has 0 spiro atoms. The van der Waals surface area contributed by atoms with Crippen molar-refractivity contribution in [1.82, 2.24) is 0 Å². The van der Waals surface area contributed by atoms with Crippen LogP contribution >= 0.6 is 0 Å². The van der Waals surface area contributed by atoms with Crippen molar-refractivity contribution in [3.05, 3.63) is 59.7 Å². The molecule has 26 heavy (non-hydrogen) atoms. The van der Waals surface area contributed by atoms with E-state index >= 15 is 0 Å². The second-order valence-corrected chi connectivity index (χ2v) is 6.87. The molecule has 0 heterocycles. The highest BCUT2D eigenvalue weighted by Crippen LogP contribution is 2.37. The lowest BCUT2D eigenvalue weighted by molar-refractivity contribution is -0.117. The number of rotatable bonds is 5. The van der Waals surface area contributed by atoms with Crippen LogP contribution < -0.4 is 10.1 Å². The molecule has 1 fully saturated rings. The second kappa shape index (κ2) is 8.30. The van der Waals surface area contributed by atoms with E-state index in [2.05, 4.69) is 17.4 Å². The van der Waals surface area contributed by atoms with Crippen LogP contribution in [0.25, 0.3) is 0 Å². The molecule has 0 unspecified atom stereocenters. The molecular formula is C21H23F2NO2. The molecule has 2 aromatic carbocycles. The van der Waals surface area contributed by atoms with E-state index in [-0.39, 0.29) is 5.91 Å². The molecule has 1 aliphatic rings. The first-order valence-corrected chi connectivity index (χ1v) is 8.94. The Bertz CT molecular complexity index is 753. The largest absolute Gasteiger partial charge is 0.497 e. The van der Waals surface area contributed by atoms with Crippen molar-refractivity contribution in [3.8, 4) is 5.75 Å². The van der Waals surface area contributed by atoms with Gasteiger partial charge in [-0.1, -0.05) is 12.1 Å². The first-order valence-electron chi connectivity index (χ1n) is 8.94. The molecule has 3 rings (SSSR count). The third-order valence-corrected chi connectivity index (χ3v) is 5.11. The normalized spacial score (nSPS) is 19.8. The van der Waals surface area contributed by atoms with Crippen LogP contribution in [-0.2, 0) is 4.79 Å². The summed E-state index contributed by atoms with van der Waals surface area (Å²) in [7, 11) is 1.66. The molecular weight excluding hydrogens is 336 g/mol. The highest BCUT2D eigenvalue weighted by molar-refractivity contribution is 5.90.